The molecule has 1 aliphatic rings. The maximum atomic E-state index is 12.8. The number of nitrogens with one attached hydrogen (secondary N) is 1. The molecule has 0 spiro atoms. The summed E-state index contributed by atoms with van der Waals surface area (Å²) in [5.41, 5.74) is -0.355. The highest BCUT2D eigenvalue weighted by molar-refractivity contribution is 6.31. The fraction of sp³-hybridized carbons (Fsp3) is 0.571. The average molecular weight is 308 g/mol. The summed E-state index contributed by atoms with van der Waals surface area (Å²) in [6.45, 7) is 0. The topological polar surface area (TPSA) is 21.3 Å². The fourth-order valence-electron chi connectivity index (χ4n) is 2.56. The molecule has 2 rings (SSSR count). The van der Waals surface area contributed by atoms with Gasteiger partial charge in [-0.1, -0.05) is 11.6 Å². The molecule has 20 heavy (non-hydrogen) atoms. The first-order chi connectivity index (χ1) is 9.40. The molecule has 0 aromatic heterocycles. The van der Waals surface area contributed by atoms with Crippen molar-refractivity contribution >= 4 is 17.3 Å². The standard InChI is InChI=1S/C14H17ClF3NO/c1-20-11-4-2-3-9(7-11)19-10-5-6-13(15)12(8-10)14(16,17)18/h5-6,8-9,11,19H,2-4,7H2,1H3. The monoisotopic (exact) mass is 307 g/mol. The molecule has 112 valence electrons. The van der Waals surface area contributed by atoms with Gasteiger partial charge in [-0.05, 0) is 43.9 Å². The average Bonchev–Trinajstić information content (AvgIpc) is 2.40. The Balaban J connectivity index is 2.10. The van der Waals surface area contributed by atoms with Crippen molar-refractivity contribution in [3.8, 4) is 0 Å². The van der Waals surface area contributed by atoms with Crippen LogP contribution in [0.3, 0.4) is 0 Å². The van der Waals surface area contributed by atoms with Gasteiger partial charge in [-0.15, -0.1) is 0 Å². The predicted molar refractivity (Wildman–Crippen MR) is 73.1 cm³/mol. The maximum absolute atomic E-state index is 12.8. The van der Waals surface area contributed by atoms with Crippen molar-refractivity contribution in [1.29, 1.82) is 0 Å². The molecule has 2 atom stereocenters. The molecular weight excluding hydrogens is 291 g/mol. The van der Waals surface area contributed by atoms with E-state index in [1.165, 1.54) is 6.07 Å². The number of methoxy groups -OCH3 is 1. The van der Waals surface area contributed by atoms with Gasteiger partial charge in [0.05, 0.1) is 16.7 Å². The lowest BCUT2D eigenvalue weighted by Crippen LogP contribution is -2.31. The number of rotatable bonds is 3. The summed E-state index contributed by atoms with van der Waals surface area (Å²) >= 11 is 5.60. The predicted octanol–water partition coefficient (Wildman–Crippen LogP) is 4.73. The second-order valence-electron chi connectivity index (χ2n) is 5.06. The first kappa shape index (κ1) is 15.4. The van der Waals surface area contributed by atoms with Crippen molar-refractivity contribution in [2.45, 2.75) is 44.0 Å². The number of hydrogen-bond donors (Lipinski definition) is 1. The molecule has 1 saturated carbocycles. The summed E-state index contributed by atoms with van der Waals surface area (Å²) in [7, 11) is 1.66. The van der Waals surface area contributed by atoms with Gasteiger partial charge in [-0.25, -0.2) is 0 Å². The van der Waals surface area contributed by atoms with E-state index < -0.39 is 11.7 Å². The lowest BCUT2D eigenvalue weighted by Gasteiger charge is -2.29. The number of halogens is 4. The van der Waals surface area contributed by atoms with Crippen LogP contribution in [0.15, 0.2) is 18.2 Å². The number of hydrogen-bond acceptors (Lipinski definition) is 2. The minimum Gasteiger partial charge on any atom is -0.382 e. The lowest BCUT2D eigenvalue weighted by atomic mass is 9.92. The lowest BCUT2D eigenvalue weighted by molar-refractivity contribution is -0.137. The van der Waals surface area contributed by atoms with Gasteiger partial charge in [0.2, 0.25) is 0 Å². The summed E-state index contributed by atoms with van der Waals surface area (Å²) in [6.07, 6.45) is -0.504. The Kier molecular flexibility index (Phi) is 4.81. The van der Waals surface area contributed by atoms with Gasteiger partial charge in [0.1, 0.15) is 0 Å². The molecule has 0 amide bonds. The van der Waals surface area contributed by atoms with Crippen molar-refractivity contribution in [3.05, 3.63) is 28.8 Å². The maximum Gasteiger partial charge on any atom is 0.417 e. The van der Waals surface area contributed by atoms with Crippen molar-refractivity contribution in [2.24, 2.45) is 0 Å². The third-order valence-electron chi connectivity index (χ3n) is 3.60. The van der Waals surface area contributed by atoms with Crippen molar-refractivity contribution < 1.29 is 17.9 Å². The molecule has 1 aromatic rings. The van der Waals surface area contributed by atoms with Crippen LogP contribution in [0, 0.1) is 0 Å². The number of ether oxygens (including phenoxy) is 1. The van der Waals surface area contributed by atoms with Crippen LogP contribution in [-0.2, 0) is 10.9 Å². The van der Waals surface area contributed by atoms with Crippen LogP contribution in [0.2, 0.25) is 5.02 Å². The molecule has 2 unspecified atom stereocenters. The highest BCUT2D eigenvalue weighted by Crippen LogP contribution is 2.36. The van der Waals surface area contributed by atoms with Gasteiger partial charge >= 0.3 is 6.18 Å². The van der Waals surface area contributed by atoms with E-state index in [0.717, 1.165) is 31.7 Å². The summed E-state index contributed by atoms with van der Waals surface area (Å²) in [5, 5.41) is 2.87. The van der Waals surface area contributed by atoms with E-state index in [0.29, 0.717) is 5.69 Å². The van der Waals surface area contributed by atoms with Crippen LogP contribution in [0.1, 0.15) is 31.2 Å². The number of anilines is 1. The third kappa shape index (κ3) is 3.79. The molecule has 1 aromatic carbocycles. The van der Waals surface area contributed by atoms with Gasteiger partial charge < -0.3 is 10.1 Å². The van der Waals surface area contributed by atoms with E-state index in [-0.39, 0.29) is 17.2 Å². The van der Waals surface area contributed by atoms with Crippen LogP contribution < -0.4 is 5.32 Å². The van der Waals surface area contributed by atoms with Gasteiger partial charge in [-0.3, -0.25) is 0 Å². The first-order valence-electron chi connectivity index (χ1n) is 6.56. The Morgan fingerprint density at radius 1 is 1.30 bits per heavy atom. The fourth-order valence-corrected chi connectivity index (χ4v) is 2.78. The Morgan fingerprint density at radius 2 is 2.05 bits per heavy atom. The third-order valence-corrected chi connectivity index (χ3v) is 3.93. The molecular formula is C14H17ClF3NO. The zero-order valence-electron chi connectivity index (χ0n) is 11.1. The molecule has 0 heterocycles. The number of benzene rings is 1. The van der Waals surface area contributed by atoms with Gasteiger partial charge in [0.25, 0.3) is 0 Å². The van der Waals surface area contributed by atoms with Gasteiger partial charge in [0.15, 0.2) is 0 Å². The van der Waals surface area contributed by atoms with Crippen LogP contribution in [-0.4, -0.2) is 19.3 Å². The van der Waals surface area contributed by atoms with E-state index in [4.69, 9.17) is 16.3 Å². The van der Waals surface area contributed by atoms with E-state index in [1.807, 2.05) is 0 Å². The van der Waals surface area contributed by atoms with Gasteiger partial charge in [0, 0.05) is 18.8 Å². The Hall–Kier alpha value is -0.940. The SMILES string of the molecule is COC1CCCC(Nc2ccc(Cl)c(C(F)(F)F)c2)C1. The molecule has 1 fully saturated rings. The minimum absolute atomic E-state index is 0.135. The highest BCUT2D eigenvalue weighted by atomic mass is 35.5. The molecule has 0 saturated heterocycles. The molecule has 6 heteroatoms. The largest absolute Gasteiger partial charge is 0.417 e. The quantitative estimate of drug-likeness (QED) is 0.871. The molecule has 0 bridgehead atoms. The van der Waals surface area contributed by atoms with Crippen LogP contribution in [0.5, 0.6) is 0 Å². The van der Waals surface area contributed by atoms with Gasteiger partial charge in [-0.2, -0.15) is 13.2 Å². The number of alkyl halides is 3. The van der Waals surface area contributed by atoms with Crippen molar-refractivity contribution in [2.75, 3.05) is 12.4 Å². The molecule has 1 aliphatic carbocycles. The molecule has 0 radical (unpaired) electrons. The molecule has 1 N–H and O–H groups in total. The van der Waals surface area contributed by atoms with Crippen molar-refractivity contribution in [1.82, 2.24) is 0 Å². The second-order valence-corrected chi connectivity index (χ2v) is 5.47. The summed E-state index contributed by atoms with van der Waals surface area (Å²) in [5.74, 6) is 0. The van der Waals surface area contributed by atoms with Crippen LogP contribution in [0.25, 0.3) is 0 Å². The first-order valence-corrected chi connectivity index (χ1v) is 6.94. The second kappa shape index (κ2) is 6.22. The van der Waals surface area contributed by atoms with Crippen LogP contribution in [0.4, 0.5) is 18.9 Å². The Morgan fingerprint density at radius 3 is 2.70 bits per heavy atom. The Bertz CT molecular complexity index is 464. The van der Waals surface area contributed by atoms with E-state index in [1.54, 1.807) is 13.2 Å². The summed E-state index contributed by atoms with van der Waals surface area (Å²) in [4.78, 5) is 0. The molecule has 0 aliphatic heterocycles. The minimum atomic E-state index is -4.43. The normalized spacial score (nSPS) is 23.6. The zero-order chi connectivity index (χ0) is 14.8. The summed E-state index contributed by atoms with van der Waals surface area (Å²) in [6, 6.07) is 4.06. The van der Waals surface area contributed by atoms with Crippen LogP contribution >= 0.6 is 11.6 Å². The van der Waals surface area contributed by atoms with E-state index in [2.05, 4.69) is 5.32 Å². The highest BCUT2D eigenvalue weighted by Gasteiger charge is 2.33. The Labute approximate surface area is 121 Å². The van der Waals surface area contributed by atoms with E-state index in [9.17, 15) is 13.2 Å². The van der Waals surface area contributed by atoms with E-state index >= 15 is 0 Å². The molecule has 2 nitrogen and oxygen atoms in total. The smallest absolute Gasteiger partial charge is 0.382 e. The summed E-state index contributed by atoms with van der Waals surface area (Å²) < 4.78 is 43.7. The zero-order valence-corrected chi connectivity index (χ0v) is 11.9. The van der Waals surface area contributed by atoms with Crippen molar-refractivity contribution in [3.63, 3.8) is 0 Å².